The number of aryl methyl sites for hydroxylation is 2. The van der Waals surface area contributed by atoms with Gasteiger partial charge >= 0.3 is 0 Å². The van der Waals surface area contributed by atoms with Gasteiger partial charge in [-0.05, 0) is 12.8 Å². The fourth-order valence-corrected chi connectivity index (χ4v) is 1.62. The summed E-state index contributed by atoms with van der Waals surface area (Å²) >= 11 is 0. The van der Waals surface area contributed by atoms with Gasteiger partial charge in [-0.15, -0.1) is 10.2 Å². The Bertz CT molecular complexity index is 504. The monoisotopic (exact) mass is 232 g/mol. The Balaban J connectivity index is 2.38. The molecular formula is C11H16N6. The quantitative estimate of drug-likeness (QED) is 0.836. The van der Waals surface area contributed by atoms with E-state index in [4.69, 9.17) is 5.73 Å². The van der Waals surface area contributed by atoms with Crippen molar-refractivity contribution < 1.29 is 0 Å². The molecule has 0 bridgehead atoms. The third-order valence-electron chi connectivity index (χ3n) is 2.57. The molecule has 0 saturated heterocycles. The van der Waals surface area contributed by atoms with Crippen molar-refractivity contribution in [2.24, 2.45) is 5.73 Å². The summed E-state index contributed by atoms with van der Waals surface area (Å²) in [6.07, 6.45) is 5.18. The molecule has 90 valence electrons. The SMILES string of the molecule is CCc1nnc(-n2cnc(CN)c2)nc1CC. The molecule has 0 aliphatic carbocycles. The highest BCUT2D eigenvalue weighted by Crippen LogP contribution is 2.07. The molecule has 0 atom stereocenters. The van der Waals surface area contributed by atoms with Crippen molar-refractivity contribution >= 4 is 0 Å². The van der Waals surface area contributed by atoms with E-state index in [1.807, 2.05) is 13.1 Å². The summed E-state index contributed by atoms with van der Waals surface area (Å²) in [4.78, 5) is 8.63. The number of hydrogen-bond donors (Lipinski definition) is 1. The predicted octanol–water partition coefficient (Wildman–Crippen LogP) is 0.641. The van der Waals surface area contributed by atoms with Crippen LogP contribution in [0.25, 0.3) is 5.95 Å². The molecule has 2 N–H and O–H groups in total. The molecule has 2 rings (SSSR count). The van der Waals surface area contributed by atoms with Gasteiger partial charge in [-0.1, -0.05) is 13.8 Å². The molecule has 0 saturated carbocycles. The van der Waals surface area contributed by atoms with Gasteiger partial charge in [0, 0.05) is 12.7 Å². The molecule has 0 unspecified atom stereocenters. The lowest BCUT2D eigenvalue weighted by Crippen LogP contribution is -2.08. The number of aromatic nitrogens is 5. The molecule has 6 heteroatoms. The van der Waals surface area contributed by atoms with Crippen LogP contribution >= 0.6 is 0 Å². The Morgan fingerprint density at radius 3 is 2.53 bits per heavy atom. The van der Waals surface area contributed by atoms with E-state index in [9.17, 15) is 0 Å². The van der Waals surface area contributed by atoms with Crippen LogP contribution in [-0.4, -0.2) is 24.7 Å². The topological polar surface area (TPSA) is 82.5 Å². The van der Waals surface area contributed by atoms with E-state index >= 15 is 0 Å². The van der Waals surface area contributed by atoms with Gasteiger partial charge in [0.1, 0.15) is 6.33 Å². The second-order valence-corrected chi connectivity index (χ2v) is 3.69. The number of rotatable bonds is 4. The normalized spacial score (nSPS) is 10.8. The van der Waals surface area contributed by atoms with Crippen molar-refractivity contribution in [3.05, 3.63) is 29.6 Å². The Morgan fingerprint density at radius 1 is 1.18 bits per heavy atom. The Morgan fingerprint density at radius 2 is 1.94 bits per heavy atom. The van der Waals surface area contributed by atoms with Crippen molar-refractivity contribution in [3.63, 3.8) is 0 Å². The van der Waals surface area contributed by atoms with E-state index in [-0.39, 0.29) is 0 Å². The molecule has 0 amide bonds. The van der Waals surface area contributed by atoms with Crippen molar-refractivity contribution in [3.8, 4) is 5.95 Å². The van der Waals surface area contributed by atoms with Crippen LogP contribution in [0.15, 0.2) is 12.5 Å². The minimum atomic E-state index is 0.411. The second-order valence-electron chi connectivity index (χ2n) is 3.69. The van der Waals surface area contributed by atoms with Crippen molar-refractivity contribution in [1.29, 1.82) is 0 Å². The maximum Gasteiger partial charge on any atom is 0.255 e. The maximum absolute atomic E-state index is 5.51. The van der Waals surface area contributed by atoms with Crippen molar-refractivity contribution in [2.45, 2.75) is 33.2 Å². The Hall–Kier alpha value is -1.82. The van der Waals surface area contributed by atoms with E-state index in [1.165, 1.54) is 0 Å². The van der Waals surface area contributed by atoms with Crippen LogP contribution in [0.2, 0.25) is 0 Å². The first-order valence-corrected chi connectivity index (χ1v) is 5.74. The van der Waals surface area contributed by atoms with Gasteiger partial charge in [-0.25, -0.2) is 9.97 Å². The molecule has 0 fully saturated rings. The Labute approximate surface area is 99.9 Å². The standard InChI is InChI=1S/C11H16N6/c1-3-9-10(4-2)15-16-11(14-9)17-6-8(5-12)13-7-17/h6-7H,3-5,12H2,1-2H3. The first kappa shape index (κ1) is 11.7. The molecule has 0 spiro atoms. The highest BCUT2D eigenvalue weighted by atomic mass is 15.3. The fourth-order valence-electron chi connectivity index (χ4n) is 1.62. The van der Waals surface area contributed by atoms with Crippen molar-refractivity contribution in [1.82, 2.24) is 24.7 Å². The minimum Gasteiger partial charge on any atom is -0.325 e. The number of hydrogen-bond acceptors (Lipinski definition) is 5. The van der Waals surface area contributed by atoms with Gasteiger partial charge in [0.2, 0.25) is 0 Å². The summed E-state index contributed by atoms with van der Waals surface area (Å²) in [7, 11) is 0. The summed E-state index contributed by atoms with van der Waals surface area (Å²) in [6.45, 7) is 4.52. The lowest BCUT2D eigenvalue weighted by atomic mass is 10.2. The van der Waals surface area contributed by atoms with Gasteiger partial charge in [0.15, 0.2) is 0 Å². The molecule has 0 radical (unpaired) electrons. The van der Waals surface area contributed by atoms with Crippen LogP contribution < -0.4 is 5.73 Å². The van der Waals surface area contributed by atoms with Crippen LogP contribution in [0, 0.1) is 0 Å². The average Bonchev–Trinajstić information content (AvgIpc) is 2.86. The molecule has 6 nitrogen and oxygen atoms in total. The van der Waals surface area contributed by atoms with E-state index in [0.717, 1.165) is 29.9 Å². The first-order valence-electron chi connectivity index (χ1n) is 5.74. The van der Waals surface area contributed by atoms with Crippen molar-refractivity contribution in [2.75, 3.05) is 0 Å². The summed E-state index contributed by atoms with van der Waals surface area (Å²) in [5.74, 6) is 0.547. The lowest BCUT2D eigenvalue weighted by Gasteiger charge is -2.05. The fraction of sp³-hybridized carbons (Fsp3) is 0.455. The zero-order valence-corrected chi connectivity index (χ0v) is 10.1. The maximum atomic E-state index is 5.51. The van der Waals surface area contributed by atoms with E-state index in [1.54, 1.807) is 10.9 Å². The van der Waals surface area contributed by atoms with Gasteiger partial charge in [-0.3, -0.25) is 4.57 Å². The van der Waals surface area contributed by atoms with Crippen LogP contribution in [0.3, 0.4) is 0 Å². The predicted molar refractivity (Wildman–Crippen MR) is 63.6 cm³/mol. The van der Waals surface area contributed by atoms with E-state index < -0.39 is 0 Å². The lowest BCUT2D eigenvalue weighted by molar-refractivity contribution is 0.772. The third-order valence-corrected chi connectivity index (χ3v) is 2.57. The molecular weight excluding hydrogens is 216 g/mol. The zero-order chi connectivity index (χ0) is 12.3. The summed E-state index contributed by atoms with van der Waals surface area (Å²) < 4.78 is 1.74. The molecule has 0 aromatic carbocycles. The molecule has 2 aromatic heterocycles. The van der Waals surface area contributed by atoms with Gasteiger partial charge in [0.05, 0.1) is 17.1 Å². The summed E-state index contributed by atoms with van der Waals surface area (Å²) in [5.41, 5.74) is 8.26. The number of imidazole rings is 1. The average molecular weight is 232 g/mol. The third kappa shape index (κ3) is 2.31. The van der Waals surface area contributed by atoms with E-state index in [0.29, 0.717) is 12.5 Å². The smallest absolute Gasteiger partial charge is 0.255 e. The van der Waals surface area contributed by atoms with Crippen LogP contribution in [0.4, 0.5) is 0 Å². The second kappa shape index (κ2) is 5.01. The largest absolute Gasteiger partial charge is 0.325 e. The molecule has 0 aliphatic rings. The molecule has 2 heterocycles. The van der Waals surface area contributed by atoms with Crippen LogP contribution in [0.1, 0.15) is 30.9 Å². The molecule has 17 heavy (non-hydrogen) atoms. The molecule has 2 aromatic rings. The summed E-state index contributed by atoms with van der Waals surface area (Å²) in [6, 6.07) is 0. The van der Waals surface area contributed by atoms with Crippen LogP contribution in [-0.2, 0) is 19.4 Å². The van der Waals surface area contributed by atoms with E-state index in [2.05, 4.69) is 27.1 Å². The zero-order valence-electron chi connectivity index (χ0n) is 10.1. The highest BCUT2D eigenvalue weighted by Gasteiger charge is 2.08. The van der Waals surface area contributed by atoms with Gasteiger partial charge < -0.3 is 5.73 Å². The van der Waals surface area contributed by atoms with Gasteiger partial charge in [-0.2, -0.15) is 0 Å². The number of nitrogens with two attached hydrogens (primary N) is 1. The molecule has 0 aliphatic heterocycles. The highest BCUT2D eigenvalue weighted by molar-refractivity contribution is 5.18. The first-order chi connectivity index (χ1) is 8.28. The number of nitrogens with zero attached hydrogens (tertiary/aromatic N) is 5. The van der Waals surface area contributed by atoms with Gasteiger partial charge in [0.25, 0.3) is 5.95 Å². The minimum absolute atomic E-state index is 0.411. The summed E-state index contributed by atoms with van der Waals surface area (Å²) in [5, 5.41) is 8.28. The van der Waals surface area contributed by atoms with Crippen LogP contribution in [0.5, 0.6) is 0 Å². The Kier molecular flexibility index (Phi) is 3.43.